The Balaban J connectivity index is 1.94. The minimum Gasteiger partial charge on any atom is -0.497 e. The summed E-state index contributed by atoms with van der Waals surface area (Å²) in [4.78, 5) is 14.4. The van der Waals surface area contributed by atoms with E-state index in [1.165, 1.54) is 0 Å². The van der Waals surface area contributed by atoms with Gasteiger partial charge in [0.1, 0.15) is 5.75 Å². The topological polar surface area (TPSA) is 46.5 Å². The summed E-state index contributed by atoms with van der Waals surface area (Å²) in [7, 11) is 1.65. The Morgan fingerprint density at radius 3 is 2.78 bits per heavy atom. The lowest BCUT2D eigenvalue weighted by Gasteiger charge is -2.37. The van der Waals surface area contributed by atoms with Gasteiger partial charge in [-0.2, -0.15) is 0 Å². The Hall–Kier alpha value is -2.14. The van der Waals surface area contributed by atoms with E-state index in [1.54, 1.807) is 7.11 Å². The standard InChI is InChI=1S/C17H20ClN3O2/c1-23-14-6-4-13(5-7-14)16-15-3-2-10-20(15)11-12-21(16)17(22)19-9-8-18/h2-7,10,16H,8-9,11-12H2,1H3,(H,19,22). The fourth-order valence-corrected chi connectivity index (χ4v) is 3.09. The zero-order valence-electron chi connectivity index (χ0n) is 13.0. The molecular weight excluding hydrogens is 314 g/mol. The Labute approximate surface area is 140 Å². The predicted molar refractivity (Wildman–Crippen MR) is 90.1 cm³/mol. The van der Waals surface area contributed by atoms with E-state index < -0.39 is 0 Å². The fraction of sp³-hybridized carbons (Fsp3) is 0.353. The number of carbonyl (C=O) groups excluding carboxylic acids is 1. The lowest BCUT2D eigenvalue weighted by atomic mass is 10.00. The molecule has 0 fully saturated rings. The van der Waals surface area contributed by atoms with Gasteiger partial charge in [-0.1, -0.05) is 12.1 Å². The molecule has 1 N–H and O–H groups in total. The van der Waals surface area contributed by atoms with Crippen LogP contribution < -0.4 is 10.1 Å². The average molecular weight is 334 g/mol. The van der Waals surface area contributed by atoms with Crippen LogP contribution in [0, 0.1) is 0 Å². The average Bonchev–Trinajstić information content (AvgIpc) is 3.07. The van der Waals surface area contributed by atoms with Crippen molar-refractivity contribution in [3.05, 3.63) is 53.9 Å². The molecule has 3 rings (SSSR count). The van der Waals surface area contributed by atoms with Crippen LogP contribution in [-0.4, -0.2) is 41.6 Å². The summed E-state index contributed by atoms with van der Waals surface area (Å²) in [6.07, 6.45) is 2.06. The molecule has 2 aromatic rings. The van der Waals surface area contributed by atoms with Crippen molar-refractivity contribution in [1.29, 1.82) is 0 Å². The molecule has 0 radical (unpaired) electrons. The molecule has 6 heteroatoms. The minimum absolute atomic E-state index is 0.0843. The first-order valence-corrected chi connectivity index (χ1v) is 8.17. The van der Waals surface area contributed by atoms with Crippen LogP contribution in [-0.2, 0) is 6.54 Å². The normalized spacial score (nSPS) is 16.8. The van der Waals surface area contributed by atoms with Crippen LogP contribution in [0.3, 0.4) is 0 Å². The number of amides is 2. The third kappa shape index (κ3) is 3.15. The van der Waals surface area contributed by atoms with Crippen molar-refractivity contribution in [2.24, 2.45) is 0 Å². The molecule has 2 heterocycles. The van der Waals surface area contributed by atoms with Gasteiger partial charge in [-0.05, 0) is 29.8 Å². The molecule has 1 aliphatic heterocycles. The van der Waals surface area contributed by atoms with Gasteiger partial charge in [0.15, 0.2) is 0 Å². The first kappa shape index (κ1) is 15.7. The predicted octanol–water partition coefficient (Wildman–Crippen LogP) is 2.85. The van der Waals surface area contributed by atoms with Crippen molar-refractivity contribution < 1.29 is 9.53 Å². The van der Waals surface area contributed by atoms with Crippen molar-refractivity contribution in [2.45, 2.75) is 12.6 Å². The molecule has 5 nitrogen and oxygen atoms in total. The number of nitrogens with zero attached hydrogens (tertiary/aromatic N) is 2. The summed E-state index contributed by atoms with van der Waals surface area (Å²) in [5.74, 6) is 1.21. The molecule has 1 aliphatic rings. The van der Waals surface area contributed by atoms with Crippen molar-refractivity contribution in [1.82, 2.24) is 14.8 Å². The Morgan fingerprint density at radius 2 is 2.09 bits per heavy atom. The van der Waals surface area contributed by atoms with Gasteiger partial charge >= 0.3 is 6.03 Å². The second kappa shape index (κ2) is 6.96. The molecule has 1 aromatic heterocycles. The number of fused-ring (bicyclic) bond motifs is 1. The zero-order chi connectivity index (χ0) is 16.2. The van der Waals surface area contributed by atoms with Gasteiger partial charge in [0.25, 0.3) is 0 Å². The van der Waals surface area contributed by atoms with E-state index in [2.05, 4.69) is 22.1 Å². The SMILES string of the molecule is COc1ccc(C2c3cccn3CCN2C(=O)NCCCl)cc1. The van der Waals surface area contributed by atoms with Crippen LogP contribution >= 0.6 is 11.6 Å². The van der Waals surface area contributed by atoms with Gasteiger partial charge in [0.2, 0.25) is 0 Å². The molecule has 2 amide bonds. The number of alkyl halides is 1. The van der Waals surface area contributed by atoms with Gasteiger partial charge in [0.05, 0.1) is 13.2 Å². The van der Waals surface area contributed by atoms with Crippen molar-refractivity contribution in [2.75, 3.05) is 26.1 Å². The molecule has 0 aliphatic carbocycles. The highest BCUT2D eigenvalue weighted by molar-refractivity contribution is 6.18. The monoisotopic (exact) mass is 333 g/mol. The maximum atomic E-state index is 12.5. The molecule has 0 bridgehead atoms. The van der Waals surface area contributed by atoms with Crippen LogP contribution in [0.25, 0.3) is 0 Å². The molecule has 1 aromatic carbocycles. The Bertz CT molecular complexity index is 669. The van der Waals surface area contributed by atoms with Crippen LogP contribution in [0.15, 0.2) is 42.6 Å². The third-order valence-electron chi connectivity index (χ3n) is 4.10. The third-order valence-corrected chi connectivity index (χ3v) is 4.29. The molecule has 0 spiro atoms. The van der Waals surface area contributed by atoms with Crippen molar-refractivity contribution in [3.8, 4) is 5.75 Å². The minimum atomic E-state index is -0.111. The van der Waals surface area contributed by atoms with E-state index in [9.17, 15) is 4.79 Å². The molecule has 1 unspecified atom stereocenters. The Kier molecular flexibility index (Phi) is 4.76. The summed E-state index contributed by atoms with van der Waals surface area (Å²) in [5.41, 5.74) is 2.17. The van der Waals surface area contributed by atoms with Gasteiger partial charge in [-0.25, -0.2) is 4.79 Å². The van der Waals surface area contributed by atoms with Gasteiger partial charge in [-0.15, -0.1) is 11.6 Å². The van der Waals surface area contributed by atoms with Crippen LogP contribution in [0.4, 0.5) is 4.79 Å². The smallest absolute Gasteiger partial charge is 0.318 e. The molecule has 0 saturated heterocycles. The number of urea groups is 1. The van der Waals surface area contributed by atoms with Crippen LogP contribution in [0.1, 0.15) is 17.3 Å². The van der Waals surface area contributed by atoms with Gasteiger partial charge in [0, 0.05) is 37.4 Å². The second-order valence-corrected chi connectivity index (χ2v) is 5.79. The van der Waals surface area contributed by atoms with Crippen LogP contribution in [0.5, 0.6) is 5.75 Å². The number of methoxy groups -OCH3 is 1. The number of aromatic nitrogens is 1. The quantitative estimate of drug-likeness (QED) is 0.875. The molecule has 1 atom stereocenters. The lowest BCUT2D eigenvalue weighted by molar-refractivity contribution is 0.169. The van der Waals surface area contributed by atoms with E-state index in [1.807, 2.05) is 35.2 Å². The first-order chi connectivity index (χ1) is 11.2. The summed E-state index contributed by atoms with van der Waals surface area (Å²) in [5, 5.41) is 2.87. The van der Waals surface area contributed by atoms with Gasteiger partial charge in [-0.3, -0.25) is 0 Å². The van der Waals surface area contributed by atoms with Crippen LogP contribution in [0.2, 0.25) is 0 Å². The van der Waals surface area contributed by atoms with E-state index >= 15 is 0 Å². The number of hydrogen-bond acceptors (Lipinski definition) is 2. The van der Waals surface area contributed by atoms with E-state index in [0.717, 1.165) is 23.6 Å². The highest BCUT2D eigenvalue weighted by Gasteiger charge is 2.31. The number of ether oxygens (including phenoxy) is 1. The number of halogens is 1. The zero-order valence-corrected chi connectivity index (χ0v) is 13.8. The molecule has 122 valence electrons. The first-order valence-electron chi connectivity index (χ1n) is 7.64. The number of benzene rings is 1. The molecule has 23 heavy (non-hydrogen) atoms. The summed E-state index contributed by atoms with van der Waals surface area (Å²) in [6, 6.07) is 11.8. The Morgan fingerprint density at radius 1 is 1.30 bits per heavy atom. The van der Waals surface area contributed by atoms with Gasteiger partial charge < -0.3 is 19.5 Å². The maximum absolute atomic E-state index is 12.5. The lowest BCUT2D eigenvalue weighted by Crippen LogP contribution is -2.47. The number of hydrogen-bond donors (Lipinski definition) is 1. The maximum Gasteiger partial charge on any atom is 0.318 e. The number of carbonyl (C=O) groups is 1. The fourth-order valence-electron chi connectivity index (χ4n) is 2.99. The molecule has 0 saturated carbocycles. The van der Waals surface area contributed by atoms with Crippen molar-refractivity contribution in [3.63, 3.8) is 0 Å². The summed E-state index contributed by atoms with van der Waals surface area (Å²) >= 11 is 5.68. The second-order valence-electron chi connectivity index (χ2n) is 5.42. The molecular formula is C17H20ClN3O2. The van der Waals surface area contributed by atoms with E-state index in [4.69, 9.17) is 16.3 Å². The highest BCUT2D eigenvalue weighted by atomic mass is 35.5. The van der Waals surface area contributed by atoms with E-state index in [-0.39, 0.29) is 12.1 Å². The summed E-state index contributed by atoms with van der Waals surface area (Å²) in [6.45, 7) is 1.92. The summed E-state index contributed by atoms with van der Waals surface area (Å²) < 4.78 is 7.42. The number of rotatable bonds is 4. The largest absolute Gasteiger partial charge is 0.497 e. The highest BCUT2D eigenvalue weighted by Crippen LogP contribution is 2.33. The number of nitrogens with one attached hydrogen (secondary N) is 1. The van der Waals surface area contributed by atoms with E-state index in [0.29, 0.717) is 19.0 Å². The van der Waals surface area contributed by atoms with Crippen molar-refractivity contribution >= 4 is 17.6 Å².